The zero-order valence-corrected chi connectivity index (χ0v) is 8.38. The summed E-state index contributed by atoms with van der Waals surface area (Å²) in [6.07, 6.45) is -4.32. The van der Waals surface area contributed by atoms with E-state index >= 15 is 0 Å². The van der Waals surface area contributed by atoms with Gasteiger partial charge in [-0.3, -0.25) is 4.55 Å². The lowest BCUT2D eigenvalue weighted by molar-refractivity contribution is -0.212. The first-order valence-electron chi connectivity index (χ1n) is 3.42. The Bertz CT molecular complexity index is 360. The van der Waals surface area contributed by atoms with Gasteiger partial charge in [-0.05, 0) is 6.92 Å². The molecule has 0 fully saturated rings. The molecule has 0 saturated carbocycles. The van der Waals surface area contributed by atoms with Gasteiger partial charge in [-0.25, -0.2) is 4.79 Å². The van der Waals surface area contributed by atoms with E-state index in [1.807, 2.05) is 0 Å². The highest BCUT2D eigenvalue weighted by atomic mass is 32.3. The second kappa shape index (κ2) is 4.64. The maximum atomic E-state index is 12.5. The highest BCUT2D eigenvalue weighted by Crippen LogP contribution is 2.18. The van der Waals surface area contributed by atoms with Crippen molar-refractivity contribution in [1.29, 1.82) is 0 Å². The van der Waals surface area contributed by atoms with Crippen LogP contribution >= 0.6 is 0 Å². The van der Waals surface area contributed by atoms with E-state index in [0.717, 1.165) is 0 Å². The number of carbonyl (C=O) groups is 1. The second-order valence-electron chi connectivity index (χ2n) is 2.50. The van der Waals surface area contributed by atoms with Crippen LogP contribution in [0.25, 0.3) is 0 Å². The van der Waals surface area contributed by atoms with Gasteiger partial charge in [0.1, 0.15) is 0 Å². The molecule has 0 rings (SSSR count). The van der Waals surface area contributed by atoms with Crippen LogP contribution < -0.4 is 0 Å². The first kappa shape index (κ1) is 13.9. The van der Waals surface area contributed by atoms with E-state index in [9.17, 15) is 22.0 Å². The van der Waals surface area contributed by atoms with Gasteiger partial charge in [0, 0.05) is 5.57 Å². The minimum Gasteiger partial charge on any atom is -0.453 e. The third kappa shape index (κ3) is 6.94. The minimum atomic E-state index is -5.31. The maximum absolute atomic E-state index is 12.5. The molecule has 0 amide bonds. The van der Waals surface area contributed by atoms with E-state index in [1.54, 1.807) is 0 Å². The summed E-state index contributed by atoms with van der Waals surface area (Å²) in [5.41, 5.74) is -0.141. The van der Waals surface area contributed by atoms with E-state index < -0.39 is 29.1 Å². The van der Waals surface area contributed by atoms with Crippen molar-refractivity contribution in [3.63, 3.8) is 0 Å². The van der Waals surface area contributed by atoms with Crippen LogP contribution in [0.2, 0.25) is 0 Å². The zero-order chi connectivity index (χ0) is 12.3. The SMILES string of the molecule is C=C(C)C(=O)OCC(F)(F)OS(=O)(=O)O. The molecule has 0 radical (unpaired) electrons. The quantitative estimate of drug-likeness (QED) is 0.432. The molecule has 0 saturated heterocycles. The number of carbonyl (C=O) groups excluding carboxylic acids is 1. The van der Waals surface area contributed by atoms with Crippen LogP contribution in [0.5, 0.6) is 0 Å². The number of rotatable bonds is 5. The Morgan fingerprint density at radius 2 is 2.00 bits per heavy atom. The topological polar surface area (TPSA) is 89.9 Å². The molecular formula is C6H8F2O6S. The molecule has 0 bridgehead atoms. The normalized spacial score (nSPS) is 12.3. The molecule has 6 nitrogen and oxygen atoms in total. The Morgan fingerprint density at radius 1 is 1.53 bits per heavy atom. The number of ether oxygens (including phenoxy) is 1. The molecule has 9 heteroatoms. The predicted octanol–water partition coefficient (Wildman–Crippen LogP) is 0.518. The van der Waals surface area contributed by atoms with Crippen LogP contribution in [0, 0.1) is 0 Å². The van der Waals surface area contributed by atoms with E-state index in [0.29, 0.717) is 0 Å². The third-order valence-electron chi connectivity index (χ3n) is 0.947. The highest BCUT2D eigenvalue weighted by molar-refractivity contribution is 7.80. The van der Waals surface area contributed by atoms with Crippen molar-refractivity contribution in [1.82, 2.24) is 0 Å². The monoisotopic (exact) mass is 246 g/mol. The first-order chi connectivity index (χ1) is 6.53. The van der Waals surface area contributed by atoms with Gasteiger partial charge in [0.05, 0.1) is 0 Å². The molecule has 0 aromatic heterocycles. The van der Waals surface area contributed by atoms with Gasteiger partial charge >= 0.3 is 22.5 Å². The summed E-state index contributed by atoms with van der Waals surface area (Å²) in [5.74, 6) is -1.13. The molecule has 15 heavy (non-hydrogen) atoms. The van der Waals surface area contributed by atoms with Crippen LogP contribution in [0.4, 0.5) is 8.78 Å². The van der Waals surface area contributed by atoms with Crippen molar-refractivity contribution in [3.8, 4) is 0 Å². The average molecular weight is 246 g/mol. The summed E-state index contributed by atoms with van der Waals surface area (Å²) in [4.78, 5) is 10.6. The molecule has 88 valence electrons. The second-order valence-corrected chi connectivity index (χ2v) is 3.53. The summed E-state index contributed by atoms with van der Waals surface area (Å²) in [6, 6.07) is 0. The summed E-state index contributed by atoms with van der Waals surface area (Å²) in [5, 5.41) is 0. The van der Waals surface area contributed by atoms with Crippen LogP contribution in [-0.2, 0) is 24.1 Å². The predicted molar refractivity (Wildman–Crippen MR) is 43.4 cm³/mol. The smallest absolute Gasteiger partial charge is 0.404 e. The largest absolute Gasteiger partial charge is 0.453 e. The first-order valence-corrected chi connectivity index (χ1v) is 4.78. The van der Waals surface area contributed by atoms with Crippen molar-refractivity contribution in [2.75, 3.05) is 6.61 Å². The number of halogens is 2. The molecule has 0 aliphatic heterocycles. The molecular weight excluding hydrogens is 238 g/mol. The summed E-state index contributed by atoms with van der Waals surface area (Å²) < 4.78 is 59.6. The Hall–Kier alpha value is -1.06. The van der Waals surface area contributed by atoms with E-state index in [4.69, 9.17) is 4.55 Å². The molecule has 0 atom stereocenters. The molecule has 0 aromatic rings. The van der Waals surface area contributed by atoms with Gasteiger partial charge < -0.3 is 4.74 Å². The van der Waals surface area contributed by atoms with Crippen molar-refractivity contribution < 1.29 is 35.5 Å². The summed E-state index contributed by atoms with van der Waals surface area (Å²) in [6.45, 7) is 2.67. The standard InChI is InChI=1S/C6H8F2O6S/c1-4(2)5(9)13-3-6(7,8)14-15(10,11)12/h1,3H2,2H3,(H,10,11,12). The fraction of sp³-hybridized carbons (Fsp3) is 0.500. The number of hydrogen-bond acceptors (Lipinski definition) is 5. The number of hydrogen-bond donors (Lipinski definition) is 1. The van der Waals surface area contributed by atoms with E-state index in [1.165, 1.54) is 6.92 Å². The molecule has 0 unspecified atom stereocenters. The highest BCUT2D eigenvalue weighted by Gasteiger charge is 2.37. The van der Waals surface area contributed by atoms with Crippen molar-refractivity contribution in [2.24, 2.45) is 0 Å². The lowest BCUT2D eigenvalue weighted by Crippen LogP contribution is -2.31. The average Bonchev–Trinajstić information content (AvgIpc) is 1.95. The van der Waals surface area contributed by atoms with Crippen LogP contribution in [-0.4, -0.2) is 31.7 Å². The molecule has 1 N–H and O–H groups in total. The van der Waals surface area contributed by atoms with Gasteiger partial charge in [-0.1, -0.05) is 6.58 Å². The summed E-state index contributed by atoms with van der Waals surface area (Å²) >= 11 is 0. The van der Waals surface area contributed by atoms with Gasteiger partial charge in [0.25, 0.3) is 0 Å². The lowest BCUT2D eigenvalue weighted by atomic mass is 10.4. The van der Waals surface area contributed by atoms with Crippen molar-refractivity contribution in [2.45, 2.75) is 13.0 Å². The fourth-order valence-electron chi connectivity index (χ4n) is 0.451. The van der Waals surface area contributed by atoms with Crippen LogP contribution in [0.1, 0.15) is 6.92 Å². The Kier molecular flexibility index (Phi) is 4.31. The third-order valence-corrected chi connectivity index (χ3v) is 1.40. The zero-order valence-electron chi connectivity index (χ0n) is 7.57. The van der Waals surface area contributed by atoms with Crippen LogP contribution in [0.15, 0.2) is 12.2 Å². The Morgan fingerprint density at radius 3 is 2.33 bits per heavy atom. The van der Waals surface area contributed by atoms with Gasteiger partial charge in [-0.2, -0.15) is 21.4 Å². The van der Waals surface area contributed by atoms with Gasteiger partial charge in [0.15, 0.2) is 6.61 Å². The van der Waals surface area contributed by atoms with Crippen LogP contribution in [0.3, 0.4) is 0 Å². The van der Waals surface area contributed by atoms with Gasteiger partial charge in [0.2, 0.25) is 0 Å². The summed E-state index contributed by atoms with van der Waals surface area (Å²) in [7, 11) is -5.31. The minimum absolute atomic E-state index is 0.141. The Balaban J connectivity index is 4.28. The fourth-order valence-corrected chi connectivity index (χ4v) is 0.807. The van der Waals surface area contributed by atoms with Crippen molar-refractivity contribution >= 4 is 16.4 Å². The molecule has 0 aliphatic carbocycles. The van der Waals surface area contributed by atoms with Crippen molar-refractivity contribution in [3.05, 3.63) is 12.2 Å². The van der Waals surface area contributed by atoms with Gasteiger partial charge in [-0.15, -0.1) is 0 Å². The van der Waals surface area contributed by atoms with E-state index in [-0.39, 0.29) is 5.57 Å². The number of alkyl halides is 2. The molecule has 0 heterocycles. The molecule has 0 spiro atoms. The maximum Gasteiger partial charge on any atom is 0.404 e. The molecule has 0 aliphatic rings. The lowest BCUT2D eigenvalue weighted by Gasteiger charge is -2.13. The van der Waals surface area contributed by atoms with E-state index in [2.05, 4.69) is 15.5 Å². The number of esters is 1. The molecule has 0 aromatic carbocycles. The Labute approximate surface area is 84.4 Å².